The van der Waals surface area contributed by atoms with E-state index in [1.54, 1.807) is 48.5 Å². The number of hydrogen-bond donors (Lipinski definition) is 2. The number of carbonyl (C=O) groups is 1. The van der Waals surface area contributed by atoms with Crippen molar-refractivity contribution in [3.05, 3.63) is 90.0 Å². The summed E-state index contributed by atoms with van der Waals surface area (Å²) in [5.41, 5.74) is 1.46. The van der Waals surface area contributed by atoms with Crippen molar-refractivity contribution in [1.82, 2.24) is 5.32 Å². The van der Waals surface area contributed by atoms with Gasteiger partial charge in [0.2, 0.25) is 0 Å². The Labute approximate surface area is 175 Å². The molecule has 1 unspecified atom stereocenters. The summed E-state index contributed by atoms with van der Waals surface area (Å²) in [7, 11) is -3.81. The molecule has 1 atom stereocenters. The lowest BCUT2D eigenvalue weighted by atomic mass is 10.1. The normalized spacial score (nSPS) is 12.2. The molecule has 29 heavy (non-hydrogen) atoms. The van der Waals surface area contributed by atoms with Gasteiger partial charge in [0.25, 0.3) is 15.9 Å². The van der Waals surface area contributed by atoms with Gasteiger partial charge in [-0.3, -0.25) is 9.52 Å². The number of nitrogens with one attached hydrogen (secondary N) is 2. The first-order chi connectivity index (χ1) is 13.9. The van der Waals surface area contributed by atoms with Crippen LogP contribution in [0.2, 0.25) is 0 Å². The monoisotopic (exact) mass is 426 g/mol. The lowest BCUT2D eigenvalue weighted by Gasteiger charge is -2.17. The van der Waals surface area contributed by atoms with Crippen LogP contribution in [-0.4, -0.2) is 20.6 Å². The second-order valence-electron chi connectivity index (χ2n) is 6.43. The molecule has 0 bridgehead atoms. The zero-order valence-electron chi connectivity index (χ0n) is 16.1. The SMILES string of the molecule is CSc1ccc(S(=O)(=O)Nc2ccccc2C(=O)NC(C)c2ccccc2)cc1. The van der Waals surface area contributed by atoms with Crippen LogP contribution in [0.25, 0.3) is 0 Å². The zero-order valence-corrected chi connectivity index (χ0v) is 17.8. The molecule has 0 saturated heterocycles. The Morgan fingerprint density at radius 1 is 0.897 bits per heavy atom. The minimum atomic E-state index is -3.81. The minimum absolute atomic E-state index is 0.142. The van der Waals surface area contributed by atoms with Crippen molar-refractivity contribution in [3.63, 3.8) is 0 Å². The van der Waals surface area contributed by atoms with Gasteiger partial charge in [0.1, 0.15) is 0 Å². The van der Waals surface area contributed by atoms with E-state index in [-0.39, 0.29) is 28.1 Å². The van der Waals surface area contributed by atoms with Gasteiger partial charge in [0.05, 0.1) is 22.2 Å². The van der Waals surface area contributed by atoms with Gasteiger partial charge in [0, 0.05) is 4.90 Å². The molecule has 0 aliphatic heterocycles. The molecule has 1 amide bonds. The molecule has 3 aromatic carbocycles. The number of hydrogen-bond acceptors (Lipinski definition) is 4. The van der Waals surface area contributed by atoms with E-state index in [2.05, 4.69) is 10.0 Å². The Morgan fingerprint density at radius 2 is 1.52 bits per heavy atom. The third kappa shape index (κ3) is 5.19. The molecule has 0 aromatic heterocycles. The molecule has 0 heterocycles. The first-order valence-electron chi connectivity index (χ1n) is 9.02. The first-order valence-corrected chi connectivity index (χ1v) is 11.7. The molecule has 5 nitrogen and oxygen atoms in total. The van der Waals surface area contributed by atoms with Crippen LogP contribution >= 0.6 is 11.8 Å². The van der Waals surface area contributed by atoms with Crippen molar-refractivity contribution >= 4 is 33.4 Å². The van der Waals surface area contributed by atoms with Crippen LogP contribution in [0, 0.1) is 0 Å². The van der Waals surface area contributed by atoms with Crippen LogP contribution in [0.3, 0.4) is 0 Å². The summed E-state index contributed by atoms with van der Waals surface area (Å²) >= 11 is 1.53. The number of para-hydroxylation sites is 1. The molecular weight excluding hydrogens is 404 g/mol. The van der Waals surface area contributed by atoms with Gasteiger partial charge in [-0.2, -0.15) is 0 Å². The van der Waals surface area contributed by atoms with E-state index >= 15 is 0 Å². The van der Waals surface area contributed by atoms with Gasteiger partial charge in [-0.15, -0.1) is 11.8 Å². The summed E-state index contributed by atoms with van der Waals surface area (Å²) in [6, 6.07) is 22.5. The molecule has 150 valence electrons. The first kappa shape index (κ1) is 21.0. The average molecular weight is 427 g/mol. The maximum absolute atomic E-state index is 12.8. The topological polar surface area (TPSA) is 75.3 Å². The van der Waals surface area contributed by atoms with E-state index in [0.717, 1.165) is 10.5 Å². The molecule has 0 radical (unpaired) electrons. The van der Waals surface area contributed by atoms with E-state index in [1.807, 2.05) is 43.5 Å². The zero-order chi connectivity index (χ0) is 20.9. The standard InChI is InChI=1S/C22H22N2O3S2/c1-16(17-8-4-3-5-9-17)23-22(25)20-10-6-7-11-21(20)24-29(26,27)19-14-12-18(28-2)13-15-19/h3-16,24H,1-2H3,(H,23,25). The van der Waals surface area contributed by atoms with Crippen molar-refractivity contribution in [2.75, 3.05) is 11.0 Å². The summed E-state index contributed by atoms with van der Waals surface area (Å²) in [6.45, 7) is 1.88. The number of sulfonamides is 1. The van der Waals surface area contributed by atoms with Crippen LogP contribution in [0.1, 0.15) is 28.9 Å². The number of thioether (sulfide) groups is 1. The van der Waals surface area contributed by atoms with E-state index in [1.165, 1.54) is 11.8 Å². The average Bonchev–Trinajstić information content (AvgIpc) is 2.74. The molecule has 0 spiro atoms. The van der Waals surface area contributed by atoms with E-state index in [4.69, 9.17) is 0 Å². The van der Waals surface area contributed by atoms with E-state index in [9.17, 15) is 13.2 Å². The molecule has 2 N–H and O–H groups in total. The highest BCUT2D eigenvalue weighted by Gasteiger charge is 2.19. The van der Waals surface area contributed by atoms with Crippen molar-refractivity contribution in [2.45, 2.75) is 22.8 Å². The number of anilines is 1. The van der Waals surface area contributed by atoms with Crippen LogP contribution in [-0.2, 0) is 10.0 Å². The van der Waals surface area contributed by atoms with E-state index in [0.29, 0.717) is 0 Å². The number of rotatable bonds is 7. The van der Waals surface area contributed by atoms with Gasteiger partial charge in [-0.25, -0.2) is 8.42 Å². The molecule has 0 aliphatic carbocycles. The number of amides is 1. The highest BCUT2D eigenvalue weighted by atomic mass is 32.2. The van der Waals surface area contributed by atoms with Gasteiger partial charge in [0.15, 0.2) is 0 Å². The maximum atomic E-state index is 12.8. The van der Waals surface area contributed by atoms with Gasteiger partial charge < -0.3 is 5.32 Å². The second kappa shape index (κ2) is 9.15. The fraction of sp³-hybridized carbons (Fsp3) is 0.136. The summed E-state index contributed by atoms with van der Waals surface area (Å²) in [4.78, 5) is 13.9. The Balaban J connectivity index is 1.81. The van der Waals surface area contributed by atoms with Crippen LogP contribution in [0.15, 0.2) is 88.7 Å². The molecule has 0 fully saturated rings. The third-order valence-corrected chi connectivity index (χ3v) is 6.56. The molecular formula is C22H22N2O3S2. The van der Waals surface area contributed by atoms with Gasteiger partial charge in [-0.05, 0) is 55.1 Å². The molecule has 7 heteroatoms. The lowest BCUT2D eigenvalue weighted by Crippen LogP contribution is -2.28. The van der Waals surface area contributed by atoms with Crippen LogP contribution < -0.4 is 10.0 Å². The lowest BCUT2D eigenvalue weighted by molar-refractivity contribution is 0.0941. The second-order valence-corrected chi connectivity index (χ2v) is 8.99. The van der Waals surface area contributed by atoms with Crippen LogP contribution in [0.4, 0.5) is 5.69 Å². The fourth-order valence-corrected chi connectivity index (χ4v) is 4.32. The van der Waals surface area contributed by atoms with Crippen molar-refractivity contribution < 1.29 is 13.2 Å². The predicted molar refractivity (Wildman–Crippen MR) is 118 cm³/mol. The summed E-state index contributed by atoms with van der Waals surface area (Å²) in [6.07, 6.45) is 1.92. The van der Waals surface area contributed by atoms with Crippen molar-refractivity contribution in [2.24, 2.45) is 0 Å². The van der Waals surface area contributed by atoms with Gasteiger partial charge >= 0.3 is 0 Å². The summed E-state index contributed by atoms with van der Waals surface area (Å²) < 4.78 is 28.1. The van der Waals surface area contributed by atoms with Crippen molar-refractivity contribution in [3.8, 4) is 0 Å². The Morgan fingerprint density at radius 3 is 2.17 bits per heavy atom. The predicted octanol–water partition coefficient (Wildman–Crippen LogP) is 4.70. The molecule has 3 aromatic rings. The smallest absolute Gasteiger partial charge is 0.261 e. The minimum Gasteiger partial charge on any atom is -0.345 e. The highest BCUT2D eigenvalue weighted by Crippen LogP contribution is 2.23. The van der Waals surface area contributed by atoms with Crippen LogP contribution in [0.5, 0.6) is 0 Å². The Kier molecular flexibility index (Phi) is 6.61. The summed E-state index contributed by atoms with van der Waals surface area (Å²) in [5, 5.41) is 2.92. The van der Waals surface area contributed by atoms with Crippen molar-refractivity contribution in [1.29, 1.82) is 0 Å². The maximum Gasteiger partial charge on any atom is 0.261 e. The highest BCUT2D eigenvalue weighted by molar-refractivity contribution is 7.98. The van der Waals surface area contributed by atoms with E-state index < -0.39 is 10.0 Å². The fourth-order valence-electron chi connectivity index (χ4n) is 2.83. The Hall–Kier alpha value is -2.77. The largest absolute Gasteiger partial charge is 0.345 e. The Bertz CT molecular complexity index is 1080. The third-order valence-electron chi connectivity index (χ3n) is 4.43. The molecule has 0 saturated carbocycles. The quantitative estimate of drug-likeness (QED) is 0.537. The molecule has 3 rings (SSSR count). The van der Waals surface area contributed by atoms with Gasteiger partial charge in [-0.1, -0.05) is 42.5 Å². The number of benzene rings is 3. The molecule has 0 aliphatic rings. The summed E-state index contributed by atoms with van der Waals surface area (Å²) in [5.74, 6) is -0.350. The number of carbonyl (C=O) groups excluding carboxylic acids is 1.